The summed E-state index contributed by atoms with van der Waals surface area (Å²) in [6, 6.07) is 5.74. The summed E-state index contributed by atoms with van der Waals surface area (Å²) in [5.41, 5.74) is 2.11. The van der Waals surface area contributed by atoms with Crippen LogP contribution in [-0.2, 0) is 6.54 Å². The molecule has 4 nitrogen and oxygen atoms in total. The highest BCUT2D eigenvalue weighted by Crippen LogP contribution is 2.28. The van der Waals surface area contributed by atoms with E-state index < -0.39 is 0 Å². The quantitative estimate of drug-likeness (QED) is 0.833. The van der Waals surface area contributed by atoms with Gasteiger partial charge in [0.25, 0.3) is 0 Å². The molecule has 1 heterocycles. The maximum atomic E-state index is 6.16. The number of nitrogens with one attached hydrogen (secondary N) is 1. The Hall–Kier alpha value is -1.10. The minimum absolute atomic E-state index is 0.0151. The number of aryl methyl sites for hydroxylation is 1. The van der Waals surface area contributed by atoms with Gasteiger partial charge in [0.05, 0.1) is 28.0 Å². The van der Waals surface area contributed by atoms with Crippen molar-refractivity contribution in [1.82, 2.24) is 20.3 Å². The lowest BCUT2D eigenvalue weighted by Gasteiger charge is -2.20. The maximum absolute atomic E-state index is 6.16. The fourth-order valence-corrected chi connectivity index (χ4v) is 2.56. The standard InChI is InChI=1S/C15H20Cl2N4/c1-3-7-18-15(11-5-6-12(16)13(17)9-11)14-10-19-20-21(14)8-4-2/h5-6,9-10,15,18H,3-4,7-8H2,1-2H3. The monoisotopic (exact) mass is 326 g/mol. The Bertz CT molecular complexity index is 583. The third-order valence-corrected chi connectivity index (χ3v) is 3.99. The molecule has 0 saturated carbocycles. The number of hydrogen-bond donors (Lipinski definition) is 1. The second-order valence-corrected chi connectivity index (χ2v) is 5.76. The van der Waals surface area contributed by atoms with Crippen LogP contribution in [0.3, 0.4) is 0 Å². The molecule has 2 rings (SSSR count). The summed E-state index contributed by atoms with van der Waals surface area (Å²) in [7, 11) is 0. The number of aromatic nitrogens is 3. The average Bonchev–Trinajstić information content (AvgIpc) is 2.92. The van der Waals surface area contributed by atoms with Crippen molar-refractivity contribution in [2.24, 2.45) is 0 Å². The number of nitrogens with zero attached hydrogens (tertiary/aromatic N) is 3. The molecule has 114 valence electrons. The number of rotatable bonds is 7. The molecule has 0 aliphatic carbocycles. The van der Waals surface area contributed by atoms with E-state index in [-0.39, 0.29) is 6.04 Å². The summed E-state index contributed by atoms with van der Waals surface area (Å²) in [6.07, 6.45) is 3.87. The van der Waals surface area contributed by atoms with Crippen LogP contribution in [0.1, 0.15) is 44.0 Å². The molecule has 0 aliphatic rings. The molecule has 1 atom stereocenters. The van der Waals surface area contributed by atoms with Crippen molar-refractivity contribution >= 4 is 23.2 Å². The SMILES string of the molecule is CCCNC(c1ccc(Cl)c(Cl)c1)c1cnnn1CCC. The second-order valence-electron chi connectivity index (χ2n) is 4.94. The van der Waals surface area contributed by atoms with Crippen LogP contribution >= 0.6 is 23.2 Å². The van der Waals surface area contributed by atoms with Crippen LogP contribution in [-0.4, -0.2) is 21.5 Å². The molecule has 1 unspecified atom stereocenters. The van der Waals surface area contributed by atoms with E-state index in [1.165, 1.54) is 0 Å². The van der Waals surface area contributed by atoms with Crippen LogP contribution in [0.25, 0.3) is 0 Å². The van der Waals surface area contributed by atoms with Crippen molar-refractivity contribution in [3.8, 4) is 0 Å². The molecule has 0 aliphatic heterocycles. The smallest absolute Gasteiger partial charge is 0.0802 e. The maximum Gasteiger partial charge on any atom is 0.0802 e. The van der Waals surface area contributed by atoms with Crippen LogP contribution in [0.15, 0.2) is 24.4 Å². The molecule has 0 spiro atoms. The van der Waals surface area contributed by atoms with Gasteiger partial charge in [0.15, 0.2) is 0 Å². The number of halogens is 2. The predicted molar refractivity (Wildman–Crippen MR) is 86.9 cm³/mol. The third kappa shape index (κ3) is 3.96. The number of hydrogen-bond acceptors (Lipinski definition) is 3. The van der Waals surface area contributed by atoms with Crippen molar-refractivity contribution in [2.45, 2.75) is 39.3 Å². The highest BCUT2D eigenvalue weighted by Gasteiger charge is 2.19. The molecule has 0 radical (unpaired) electrons. The van der Waals surface area contributed by atoms with Crippen LogP contribution in [0.5, 0.6) is 0 Å². The highest BCUT2D eigenvalue weighted by atomic mass is 35.5. The molecule has 0 saturated heterocycles. The molecule has 6 heteroatoms. The van der Waals surface area contributed by atoms with Crippen LogP contribution in [0, 0.1) is 0 Å². The Labute approximate surface area is 135 Å². The van der Waals surface area contributed by atoms with Gasteiger partial charge >= 0.3 is 0 Å². The van der Waals surface area contributed by atoms with Gasteiger partial charge in [0.1, 0.15) is 0 Å². The lowest BCUT2D eigenvalue weighted by Crippen LogP contribution is -2.26. The Morgan fingerprint density at radius 1 is 1.19 bits per heavy atom. The van der Waals surface area contributed by atoms with E-state index in [2.05, 4.69) is 29.5 Å². The Morgan fingerprint density at radius 3 is 2.67 bits per heavy atom. The molecule has 21 heavy (non-hydrogen) atoms. The fraction of sp³-hybridized carbons (Fsp3) is 0.467. The highest BCUT2D eigenvalue weighted by molar-refractivity contribution is 6.42. The first-order valence-electron chi connectivity index (χ1n) is 7.24. The largest absolute Gasteiger partial charge is 0.305 e. The molecule has 1 aromatic carbocycles. The van der Waals surface area contributed by atoms with Crippen LogP contribution in [0.2, 0.25) is 10.0 Å². The van der Waals surface area contributed by atoms with Crippen LogP contribution < -0.4 is 5.32 Å². The number of benzene rings is 1. The molecule has 0 bridgehead atoms. The Morgan fingerprint density at radius 2 is 2.00 bits per heavy atom. The van der Waals surface area contributed by atoms with E-state index in [0.29, 0.717) is 10.0 Å². The third-order valence-electron chi connectivity index (χ3n) is 3.25. The van der Waals surface area contributed by atoms with Crippen molar-refractivity contribution in [2.75, 3.05) is 6.54 Å². The lowest BCUT2D eigenvalue weighted by atomic mass is 10.0. The summed E-state index contributed by atoms with van der Waals surface area (Å²) in [4.78, 5) is 0. The van der Waals surface area contributed by atoms with E-state index >= 15 is 0 Å². The fourth-order valence-electron chi connectivity index (χ4n) is 2.25. The molecule has 1 N–H and O–H groups in total. The van der Waals surface area contributed by atoms with Gasteiger partial charge in [0.2, 0.25) is 0 Å². The zero-order valence-electron chi connectivity index (χ0n) is 12.3. The van der Waals surface area contributed by atoms with Gasteiger partial charge in [-0.05, 0) is 37.1 Å². The van der Waals surface area contributed by atoms with Gasteiger partial charge in [0, 0.05) is 6.54 Å². The predicted octanol–water partition coefficient (Wildman–Crippen LogP) is 4.08. The van der Waals surface area contributed by atoms with Crippen molar-refractivity contribution < 1.29 is 0 Å². The molecule has 0 fully saturated rings. The van der Waals surface area contributed by atoms with E-state index in [1.54, 1.807) is 0 Å². The second kappa shape index (κ2) is 7.78. The first-order chi connectivity index (χ1) is 10.2. The average molecular weight is 327 g/mol. The molecule has 0 amide bonds. The normalized spacial score (nSPS) is 12.6. The molecule has 2 aromatic rings. The van der Waals surface area contributed by atoms with Gasteiger partial charge in [-0.1, -0.05) is 48.3 Å². The Kier molecular flexibility index (Phi) is 6.03. The summed E-state index contributed by atoms with van der Waals surface area (Å²) < 4.78 is 1.94. The molecular formula is C15H20Cl2N4. The summed E-state index contributed by atoms with van der Waals surface area (Å²) in [6.45, 7) is 6.02. The van der Waals surface area contributed by atoms with Gasteiger partial charge in [-0.3, -0.25) is 0 Å². The summed E-state index contributed by atoms with van der Waals surface area (Å²) in [5.74, 6) is 0. The van der Waals surface area contributed by atoms with Gasteiger partial charge in [-0.15, -0.1) is 5.10 Å². The Balaban J connectivity index is 2.37. The summed E-state index contributed by atoms with van der Waals surface area (Å²) >= 11 is 12.2. The van der Waals surface area contributed by atoms with Gasteiger partial charge in [-0.2, -0.15) is 0 Å². The first-order valence-corrected chi connectivity index (χ1v) is 7.99. The van der Waals surface area contributed by atoms with E-state index in [1.807, 2.05) is 29.1 Å². The summed E-state index contributed by atoms with van der Waals surface area (Å²) in [5, 5.41) is 12.9. The zero-order chi connectivity index (χ0) is 15.2. The van der Waals surface area contributed by atoms with Crippen molar-refractivity contribution in [3.63, 3.8) is 0 Å². The van der Waals surface area contributed by atoms with Crippen molar-refractivity contribution in [1.29, 1.82) is 0 Å². The molecular weight excluding hydrogens is 307 g/mol. The first kappa shape index (κ1) is 16.3. The van der Waals surface area contributed by atoms with Crippen LogP contribution in [0.4, 0.5) is 0 Å². The van der Waals surface area contributed by atoms with Crippen molar-refractivity contribution in [3.05, 3.63) is 45.7 Å². The van der Waals surface area contributed by atoms with Gasteiger partial charge in [-0.25, -0.2) is 4.68 Å². The topological polar surface area (TPSA) is 42.7 Å². The van der Waals surface area contributed by atoms with Gasteiger partial charge < -0.3 is 5.32 Å². The molecule has 1 aromatic heterocycles. The van der Waals surface area contributed by atoms with E-state index in [4.69, 9.17) is 23.2 Å². The zero-order valence-corrected chi connectivity index (χ0v) is 13.8. The van der Waals surface area contributed by atoms with E-state index in [0.717, 1.165) is 37.2 Å². The lowest BCUT2D eigenvalue weighted by molar-refractivity contribution is 0.504. The minimum atomic E-state index is 0.0151. The van der Waals surface area contributed by atoms with E-state index in [9.17, 15) is 0 Å². The minimum Gasteiger partial charge on any atom is -0.305 e.